The van der Waals surface area contributed by atoms with Gasteiger partial charge in [-0.2, -0.15) is 0 Å². The highest BCUT2D eigenvalue weighted by atomic mass is 35.5. The molecular formula is C20H23ClN2O4S. The smallest absolute Gasteiger partial charge is 0.240 e. The maximum Gasteiger partial charge on any atom is 0.240 e. The molecule has 1 aliphatic rings. The van der Waals surface area contributed by atoms with Gasteiger partial charge in [-0.3, -0.25) is 9.59 Å². The van der Waals surface area contributed by atoms with E-state index in [4.69, 9.17) is 21.1 Å². The number of hydrogen-bond acceptors (Lipinski definition) is 5. The lowest BCUT2D eigenvalue weighted by Crippen LogP contribution is -2.34. The summed E-state index contributed by atoms with van der Waals surface area (Å²) in [5.41, 5.74) is 0.545. The molecule has 150 valence electrons. The van der Waals surface area contributed by atoms with E-state index in [1.165, 1.54) is 13.2 Å². The van der Waals surface area contributed by atoms with Gasteiger partial charge in [0.05, 0.1) is 19.4 Å². The molecule has 2 aromatic rings. The van der Waals surface area contributed by atoms with Crippen LogP contribution in [0.4, 0.5) is 0 Å². The van der Waals surface area contributed by atoms with Gasteiger partial charge in [-0.05, 0) is 37.1 Å². The number of ether oxygens (including phenoxy) is 2. The molecule has 1 aliphatic heterocycles. The van der Waals surface area contributed by atoms with Gasteiger partial charge in [-0.15, -0.1) is 11.8 Å². The lowest BCUT2D eigenvalue weighted by atomic mass is 10.2. The topological polar surface area (TPSA) is 69.6 Å². The van der Waals surface area contributed by atoms with Gasteiger partial charge < -0.3 is 19.4 Å². The van der Waals surface area contributed by atoms with Crippen LogP contribution in [0, 0.1) is 0 Å². The normalized spacial score (nSPS) is 16.1. The number of carbonyl (C=O) groups excluding carboxylic acids is 1. The molecule has 0 saturated carbocycles. The highest BCUT2D eigenvalue weighted by Gasteiger charge is 2.17. The van der Waals surface area contributed by atoms with E-state index in [1.807, 2.05) is 24.3 Å². The summed E-state index contributed by atoms with van der Waals surface area (Å²) >= 11 is 7.49. The number of nitrogens with zero attached hydrogens (tertiary/aromatic N) is 1. The number of rotatable bonds is 8. The molecule has 0 unspecified atom stereocenters. The third kappa shape index (κ3) is 5.77. The Kier molecular flexibility index (Phi) is 7.42. The van der Waals surface area contributed by atoms with E-state index < -0.39 is 0 Å². The first kappa shape index (κ1) is 20.8. The van der Waals surface area contributed by atoms with Gasteiger partial charge in [0.25, 0.3) is 0 Å². The SMILES string of the molecule is COc1cn(CC(=O)NC[C@H]2CCCO2)c(CSc2ccc(Cl)cc2)cc1=O. The Labute approximate surface area is 173 Å². The third-order valence-corrected chi connectivity index (χ3v) is 5.77. The van der Waals surface area contributed by atoms with Crippen molar-refractivity contribution in [3.8, 4) is 5.75 Å². The van der Waals surface area contributed by atoms with E-state index >= 15 is 0 Å². The van der Waals surface area contributed by atoms with Gasteiger partial charge in [-0.1, -0.05) is 11.6 Å². The van der Waals surface area contributed by atoms with E-state index in [-0.39, 0.29) is 29.7 Å². The van der Waals surface area contributed by atoms with Crippen LogP contribution in [-0.4, -0.2) is 36.8 Å². The quantitative estimate of drug-likeness (QED) is 0.662. The molecule has 1 saturated heterocycles. The Balaban J connectivity index is 1.69. The number of pyridine rings is 1. The fourth-order valence-corrected chi connectivity index (χ4v) is 3.97. The average Bonchev–Trinajstić information content (AvgIpc) is 3.21. The maximum atomic E-state index is 12.4. The van der Waals surface area contributed by atoms with Crippen LogP contribution >= 0.6 is 23.4 Å². The molecule has 1 aromatic heterocycles. The summed E-state index contributed by atoms with van der Waals surface area (Å²) < 4.78 is 12.4. The van der Waals surface area contributed by atoms with Crippen LogP contribution in [0.2, 0.25) is 5.02 Å². The predicted molar refractivity (Wildman–Crippen MR) is 110 cm³/mol. The zero-order valence-electron chi connectivity index (χ0n) is 15.7. The van der Waals surface area contributed by atoms with Crippen LogP contribution in [-0.2, 0) is 21.8 Å². The molecule has 0 radical (unpaired) electrons. The second-order valence-electron chi connectivity index (χ2n) is 6.51. The van der Waals surface area contributed by atoms with Gasteiger partial charge in [0.1, 0.15) is 6.54 Å². The van der Waals surface area contributed by atoms with Crippen LogP contribution in [0.25, 0.3) is 0 Å². The van der Waals surface area contributed by atoms with Crippen LogP contribution < -0.4 is 15.5 Å². The van der Waals surface area contributed by atoms with Crippen molar-refractivity contribution >= 4 is 29.3 Å². The second kappa shape index (κ2) is 10.0. The number of carbonyl (C=O) groups is 1. The summed E-state index contributed by atoms with van der Waals surface area (Å²) in [6.45, 7) is 1.37. The largest absolute Gasteiger partial charge is 0.491 e. The maximum absolute atomic E-state index is 12.4. The standard InChI is InChI=1S/C20H23ClN2O4S/c1-26-19-11-23(12-20(25)22-10-16-3-2-8-27-16)15(9-18(19)24)13-28-17-6-4-14(21)5-7-17/h4-7,9,11,16H,2-3,8,10,12-13H2,1H3,(H,22,25)/t16-/m1/s1. The monoisotopic (exact) mass is 422 g/mol. The molecule has 0 spiro atoms. The van der Waals surface area contributed by atoms with Crippen molar-refractivity contribution in [3.63, 3.8) is 0 Å². The second-order valence-corrected chi connectivity index (χ2v) is 7.99. The van der Waals surface area contributed by atoms with Gasteiger partial charge in [0.15, 0.2) is 5.75 Å². The van der Waals surface area contributed by atoms with Crippen LogP contribution in [0.3, 0.4) is 0 Å². The lowest BCUT2D eigenvalue weighted by Gasteiger charge is -2.16. The van der Waals surface area contributed by atoms with E-state index in [1.54, 1.807) is 22.5 Å². The van der Waals surface area contributed by atoms with Crippen molar-refractivity contribution in [2.75, 3.05) is 20.3 Å². The number of hydrogen-bond donors (Lipinski definition) is 1. The molecule has 2 heterocycles. The van der Waals surface area contributed by atoms with Crippen molar-refractivity contribution in [1.29, 1.82) is 0 Å². The summed E-state index contributed by atoms with van der Waals surface area (Å²) in [6.07, 6.45) is 3.68. The lowest BCUT2D eigenvalue weighted by molar-refractivity contribution is -0.122. The number of aromatic nitrogens is 1. The fourth-order valence-electron chi connectivity index (χ4n) is 2.95. The third-order valence-electron chi connectivity index (χ3n) is 4.47. The van der Waals surface area contributed by atoms with Crippen LogP contribution in [0.15, 0.2) is 46.2 Å². The van der Waals surface area contributed by atoms with Crippen molar-refractivity contribution in [2.24, 2.45) is 0 Å². The van der Waals surface area contributed by atoms with Gasteiger partial charge in [0, 0.05) is 40.6 Å². The zero-order chi connectivity index (χ0) is 19.9. The van der Waals surface area contributed by atoms with Crippen molar-refractivity contribution in [3.05, 3.63) is 57.5 Å². The van der Waals surface area contributed by atoms with E-state index in [9.17, 15) is 9.59 Å². The number of amides is 1. The summed E-state index contributed by atoms with van der Waals surface area (Å²) in [4.78, 5) is 25.6. The number of halogens is 1. The predicted octanol–water partition coefficient (Wildman–Crippen LogP) is 3.10. The minimum atomic E-state index is -0.204. The first-order valence-electron chi connectivity index (χ1n) is 9.09. The van der Waals surface area contributed by atoms with Gasteiger partial charge in [-0.25, -0.2) is 0 Å². The van der Waals surface area contributed by atoms with Gasteiger partial charge in [0.2, 0.25) is 11.3 Å². The number of nitrogens with one attached hydrogen (secondary N) is 1. The first-order chi connectivity index (χ1) is 13.5. The Morgan fingerprint density at radius 1 is 1.39 bits per heavy atom. The molecule has 1 aromatic carbocycles. The Bertz CT molecular complexity index is 863. The van der Waals surface area contributed by atoms with Crippen molar-refractivity contribution in [2.45, 2.75) is 36.1 Å². The van der Waals surface area contributed by atoms with E-state index in [0.29, 0.717) is 17.3 Å². The molecule has 6 nitrogen and oxygen atoms in total. The number of methoxy groups -OCH3 is 1. The van der Waals surface area contributed by atoms with E-state index in [0.717, 1.165) is 30.0 Å². The molecule has 8 heteroatoms. The number of benzene rings is 1. The molecule has 0 aliphatic carbocycles. The molecule has 1 N–H and O–H groups in total. The Morgan fingerprint density at radius 2 is 2.18 bits per heavy atom. The summed E-state index contributed by atoms with van der Waals surface area (Å²) in [7, 11) is 1.45. The summed E-state index contributed by atoms with van der Waals surface area (Å²) in [5.74, 6) is 0.631. The molecular weight excluding hydrogens is 400 g/mol. The van der Waals surface area contributed by atoms with E-state index in [2.05, 4.69) is 5.32 Å². The minimum Gasteiger partial charge on any atom is -0.491 e. The first-order valence-corrected chi connectivity index (χ1v) is 10.5. The van der Waals surface area contributed by atoms with Gasteiger partial charge >= 0.3 is 0 Å². The zero-order valence-corrected chi connectivity index (χ0v) is 17.2. The van der Waals surface area contributed by atoms with Crippen LogP contribution in [0.5, 0.6) is 5.75 Å². The molecule has 0 bridgehead atoms. The molecule has 1 amide bonds. The molecule has 1 atom stereocenters. The summed E-state index contributed by atoms with van der Waals surface area (Å²) in [6, 6.07) is 9.02. The fraction of sp³-hybridized carbons (Fsp3) is 0.400. The average molecular weight is 423 g/mol. The highest BCUT2D eigenvalue weighted by molar-refractivity contribution is 7.98. The Hall–Kier alpha value is -1.96. The minimum absolute atomic E-state index is 0.0902. The van der Waals surface area contributed by atoms with Crippen molar-refractivity contribution in [1.82, 2.24) is 9.88 Å². The van der Waals surface area contributed by atoms with Crippen LogP contribution in [0.1, 0.15) is 18.5 Å². The van der Waals surface area contributed by atoms with Crippen molar-refractivity contribution < 1.29 is 14.3 Å². The number of thioether (sulfide) groups is 1. The highest BCUT2D eigenvalue weighted by Crippen LogP contribution is 2.24. The molecule has 3 rings (SSSR count). The summed E-state index contributed by atoms with van der Waals surface area (Å²) in [5, 5.41) is 3.58. The molecule has 28 heavy (non-hydrogen) atoms. The molecule has 1 fully saturated rings. The Morgan fingerprint density at radius 3 is 2.86 bits per heavy atom.